The van der Waals surface area contributed by atoms with Crippen molar-refractivity contribution >= 4 is 41.2 Å². The van der Waals surface area contributed by atoms with Gasteiger partial charge in [-0.3, -0.25) is 34.2 Å². The second-order valence-electron chi connectivity index (χ2n) is 10.4. The summed E-state index contributed by atoms with van der Waals surface area (Å²) in [6, 6.07) is 4.03. The predicted molar refractivity (Wildman–Crippen MR) is 149 cm³/mol. The number of amides is 5. The number of nitrogens with zero attached hydrogens (tertiary/aromatic N) is 2. The third-order valence-corrected chi connectivity index (χ3v) is 7.55. The summed E-state index contributed by atoms with van der Waals surface area (Å²) in [5, 5.41) is 5.09. The van der Waals surface area contributed by atoms with E-state index in [2.05, 4.69) is 10.6 Å². The number of imide groups is 2. The molecule has 13 heteroatoms. The Morgan fingerprint density at radius 3 is 2.48 bits per heavy atom. The lowest BCUT2D eigenvalue weighted by atomic mass is 9.94. The van der Waals surface area contributed by atoms with Gasteiger partial charge in [0.15, 0.2) is 0 Å². The molecule has 5 amide bonds. The van der Waals surface area contributed by atoms with Crippen LogP contribution in [0.2, 0.25) is 0 Å². The number of rotatable bonds is 14. The van der Waals surface area contributed by atoms with E-state index < -0.39 is 35.6 Å². The first-order valence-electron chi connectivity index (χ1n) is 14.5. The van der Waals surface area contributed by atoms with Crippen molar-refractivity contribution in [2.24, 2.45) is 5.92 Å². The summed E-state index contributed by atoms with van der Waals surface area (Å²) in [5.41, 5.74) is 1.09. The summed E-state index contributed by atoms with van der Waals surface area (Å²) in [6.45, 7) is 4.53. The first-order valence-corrected chi connectivity index (χ1v) is 14.5. The summed E-state index contributed by atoms with van der Waals surface area (Å²) in [7, 11) is 0. The van der Waals surface area contributed by atoms with E-state index in [-0.39, 0.29) is 49.0 Å². The van der Waals surface area contributed by atoms with Crippen molar-refractivity contribution in [3.05, 3.63) is 29.3 Å². The van der Waals surface area contributed by atoms with Crippen molar-refractivity contribution in [1.29, 1.82) is 0 Å². The van der Waals surface area contributed by atoms with Crippen LogP contribution in [0.4, 0.5) is 5.69 Å². The van der Waals surface area contributed by atoms with Crippen LogP contribution in [0.15, 0.2) is 18.2 Å². The number of fused-ring (bicyclic) bond motifs is 1. The van der Waals surface area contributed by atoms with Gasteiger partial charge in [0, 0.05) is 32.0 Å². The van der Waals surface area contributed by atoms with Crippen LogP contribution in [0.1, 0.15) is 66.2 Å². The average Bonchev–Trinajstić information content (AvgIpc) is 3.24. The SMILES string of the molecule is CCCCOC(=O)COCCOCCNC(=O)C1CCN(c2cccc3c2C(=O)N(C2CCC(=O)NC2=O)C3=O)CC1. The molecule has 0 spiro atoms. The number of anilines is 1. The molecule has 1 unspecified atom stereocenters. The van der Waals surface area contributed by atoms with Crippen LogP contribution < -0.4 is 15.5 Å². The lowest BCUT2D eigenvalue weighted by Crippen LogP contribution is -2.54. The number of benzene rings is 1. The van der Waals surface area contributed by atoms with Crippen molar-refractivity contribution < 1.29 is 43.0 Å². The van der Waals surface area contributed by atoms with Gasteiger partial charge in [0.25, 0.3) is 11.8 Å². The maximum atomic E-state index is 13.4. The van der Waals surface area contributed by atoms with Crippen molar-refractivity contribution in [2.45, 2.75) is 51.5 Å². The summed E-state index contributed by atoms with van der Waals surface area (Å²) in [4.78, 5) is 77.5. The van der Waals surface area contributed by atoms with Gasteiger partial charge in [0.05, 0.1) is 43.2 Å². The molecule has 13 nitrogen and oxygen atoms in total. The normalized spacial score (nSPS) is 19.1. The number of piperidine rings is 2. The van der Waals surface area contributed by atoms with Gasteiger partial charge >= 0.3 is 5.97 Å². The highest BCUT2D eigenvalue weighted by molar-refractivity contribution is 6.25. The monoisotopic (exact) mass is 586 g/mol. The third kappa shape index (κ3) is 7.51. The zero-order chi connectivity index (χ0) is 30.1. The fourth-order valence-electron chi connectivity index (χ4n) is 5.28. The second-order valence-corrected chi connectivity index (χ2v) is 10.4. The van der Waals surface area contributed by atoms with Crippen LogP contribution in [0.25, 0.3) is 0 Å². The standard InChI is InChI=1S/C29H38N4O9/c1-2-3-14-42-24(35)18-41-17-16-40-15-11-30-26(36)19-9-12-32(13-10-19)21-6-4-5-20-25(21)29(39)33(28(20)38)22-7-8-23(34)31-27(22)37/h4-6,19,22H,2-3,7-18H2,1H3,(H,30,36)(H,31,34,37). The largest absolute Gasteiger partial charge is 0.464 e. The van der Waals surface area contributed by atoms with Crippen molar-refractivity contribution in [3.8, 4) is 0 Å². The number of hydrogen-bond acceptors (Lipinski definition) is 10. The molecule has 2 saturated heterocycles. The molecule has 0 saturated carbocycles. The van der Waals surface area contributed by atoms with Crippen molar-refractivity contribution in [2.75, 3.05) is 57.6 Å². The number of ether oxygens (including phenoxy) is 3. The van der Waals surface area contributed by atoms with E-state index in [1.807, 2.05) is 11.8 Å². The van der Waals surface area contributed by atoms with E-state index in [1.165, 1.54) is 0 Å². The Morgan fingerprint density at radius 2 is 1.74 bits per heavy atom. The predicted octanol–water partition coefficient (Wildman–Crippen LogP) is 0.797. The van der Waals surface area contributed by atoms with E-state index in [4.69, 9.17) is 14.2 Å². The molecule has 0 aliphatic carbocycles. The summed E-state index contributed by atoms with van der Waals surface area (Å²) >= 11 is 0. The second kappa shape index (κ2) is 14.9. The minimum absolute atomic E-state index is 0.0596. The minimum atomic E-state index is -1.02. The molecule has 1 aromatic carbocycles. The zero-order valence-electron chi connectivity index (χ0n) is 23.9. The summed E-state index contributed by atoms with van der Waals surface area (Å²) in [6.07, 6.45) is 3.07. The Balaban J connectivity index is 1.18. The Morgan fingerprint density at radius 1 is 0.976 bits per heavy atom. The smallest absolute Gasteiger partial charge is 0.332 e. The Bertz CT molecular complexity index is 1200. The van der Waals surface area contributed by atoms with E-state index >= 15 is 0 Å². The number of esters is 1. The van der Waals surface area contributed by atoms with E-state index in [9.17, 15) is 28.8 Å². The molecule has 3 heterocycles. The van der Waals surface area contributed by atoms with Gasteiger partial charge in [0.2, 0.25) is 17.7 Å². The van der Waals surface area contributed by atoms with Gasteiger partial charge in [0.1, 0.15) is 12.6 Å². The molecular weight excluding hydrogens is 548 g/mol. The van der Waals surface area contributed by atoms with Crippen molar-refractivity contribution in [1.82, 2.24) is 15.5 Å². The molecule has 2 N–H and O–H groups in total. The molecule has 42 heavy (non-hydrogen) atoms. The maximum Gasteiger partial charge on any atom is 0.332 e. The van der Waals surface area contributed by atoms with Crippen LogP contribution >= 0.6 is 0 Å². The van der Waals surface area contributed by atoms with Gasteiger partial charge in [-0.1, -0.05) is 19.4 Å². The Labute approximate surface area is 244 Å². The highest BCUT2D eigenvalue weighted by Gasteiger charge is 2.46. The van der Waals surface area contributed by atoms with Gasteiger partial charge in [-0.2, -0.15) is 0 Å². The molecule has 2 fully saturated rings. The lowest BCUT2D eigenvalue weighted by Gasteiger charge is -2.34. The average molecular weight is 587 g/mol. The molecule has 1 atom stereocenters. The molecule has 4 rings (SSSR count). The highest BCUT2D eigenvalue weighted by Crippen LogP contribution is 2.35. The molecule has 1 aromatic rings. The molecule has 0 aromatic heterocycles. The third-order valence-electron chi connectivity index (χ3n) is 7.55. The first kappa shape index (κ1) is 31.1. The van der Waals surface area contributed by atoms with Crippen LogP contribution in [0.5, 0.6) is 0 Å². The Hall–Kier alpha value is -3.84. The van der Waals surface area contributed by atoms with Gasteiger partial charge in [-0.05, 0) is 37.8 Å². The van der Waals surface area contributed by atoms with Gasteiger partial charge < -0.3 is 24.4 Å². The zero-order valence-corrected chi connectivity index (χ0v) is 23.9. The molecule has 228 valence electrons. The highest BCUT2D eigenvalue weighted by atomic mass is 16.6. The minimum Gasteiger partial charge on any atom is -0.464 e. The summed E-state index contributed by atoms with van der Waals surface area (Å²) < 4.78 is 15.7. The number of unbranched alkanes of at least 4 members (excludes halogenated alkanes) is 1. The number of hydrogen-bond donors (Lipinski definition) is 2. The Kier molecular flexibility index (Phi) is 11.0. The summed E-state index contributed by atoms with van der Waals surface area (Å²) in [5.74, 6) is -2.82. The number of carbonyl (C=O) groups excluding carboxylic acids is 6. The van der Waals surface area contributed by atoms with Crippen LogP contribution in [0, 0.1) is 5.92 Å². The number of nitrogens with one attached hydrogen (secondary N) is 2. The lowest BCUT2D eigenvalue weighted by molar-refractivity contribution is -0.149. The molecule has 0 bridgehead atoms. The number of carbonyl (C=O) groups is 6. The van der Waals surface area contributed by atoms with Gasteiger partial charge in [-0.15, -0.1) is 0 Å². The van der Waals surface area contributed by atoms with Crippen LogP contribution in [0.3, 0.4) is 0 Å². The van der Waals surface area contributed by atoms with E-state index in [0.717, 1.165) is 17.7 Å². The molecule has 3 aliphatic rings. The molecule has 3 aliphatic heterocycles. The fourth-order valence-corrected chi connectivity index (χ4v) is 5.28. The fraction of sp³-hybridized carbons (Fsp3) is 0.586. The topological polar surface area (TPSA) is 161 Å². The molecular formula is C29H38N4O9. The first-order chi connectivity index (χ1) is 20.3. The van der Waals surface area contributed by atoms with Crippen LogP contribution in [-0.2, 0) is 33.4 Å². The quantitative estimate of drug-likeness (QED) is 0.181. The van der Waals surface area contributed by atoms with Gasteiger partial charge in [-0.25, -0.2) is 4.79 Å². The molecule has 0 radical (unpaired) electrons. The van der Waals surface area contributed by atoms with Crippen LogP contribution in [-0.4, -0.2) is 99.1 Å². The maximum absolute atomic E-state index is 13.4. The van der Waals surface area contributed by atoms with E-state index in [1.54, 1.807) is 18.2 Å². The van der Waals surface area contributed by atoms with E-state index in [0.29, 0.717) is 58.0 Å². The van der Waals surface area contributed by atoms with Crippen molar-refractivity contribution in [3.63, 3.8) is 0 Å².